The molecule has 0 bridgehead atoms. The third kappa shape index (κ3) is 3.12. The van der Waals surface area contributed by atoms with Gasteiger partial charge in [-0.2, -0.15) is 4.68 Å². The van der Waals surface area contributed by atoms with Crippen LogP contribution in [0.1, 0.15) is 15.6 Å². The molecule has 0 aliphatic heterocycles. The van der Waals surface area contributed by atoms with Gasteiger partial charge >= 0.3 is 0 Å². The molecule has 2 heterocycles. The Bertz CT molecular complexity index is 766. The third-order valence-corrected chi connectivity index (χ3v) is 5.29. The Morgan fingerprint density at radius 3 is 2.64 bits per heavy atom. The topological polar surface area (TPSA) is 65.7 Å². The molecule has 0 saturated carbocycles. The smallest absolute Gasteiger partial charge is 0.214 e. The van der Waals surface area contributed by atoms with Crippen LogP contribution in [0.2, 0.25) is 0 Å². The maximum Gasteiger partial charge on any atom is 0.214 e. The minimum Gasteiger partial charge on any atom is -0.497 e. The molecule has 3 aromatic rings. The summed E-state index contributed by atoms with van der Waals surface area (Å²) in [6.07, 6.45) is 0. The van der Waals surface area contributed by atoms with Crippen LogP contribution >= 0.6 is 23.1 Å². The van der Waals surface area contributed by atoms with Gasteiger partial charge in [-0.3, -0.25) is 0 Å². The summed E-state index contributed by atoms with van der Waals surface area (Å²) in [7, 11) is 1.65. The Kier molecular flexibility index (Phi) is 4.39. The molecule has 6 nitrogen and oxygen atoms in total. The van der Waals surface area contributed by atoms with Crippen LogP contribution in [0.4, 0.5) is 0 Å². The molecule has 0 aliphatic rings. The van der Waals surface area contributed by atoms with E-state index in [2.05, 4.69) is 20.5 Å². The fraction of sp³-hybridized carbons (Fsp3) is 0.286. The summed E-state index contributed by atoms with van der Waals surface area (Å²) in [6, 6.07) is 7.65. The zero-order chi connectivity index (χ0) is 15.5. The van der Waals surface area contributed by atoms with Crippen LogP contribution in [-0.4, -0.2) is 32.3 Å². The lowest BCUT2D eigenvalue weighted by Crippen LogP contribution is -1.99. The van der Waals surface area contributed by atoms with E-state index < -0.39 is 0 Å². The Labute approximate surface area is 136 Å². The standard InChI is InChI=1S/C14H15N5OS2/c1-9-13(22-10(2)15-9)8-21-14-16-17-18-19(14)11-4-6-12(20-3)7-5-11/h4-7H,8H2,1-3H3. The van der Waals surface area contributed by atoms with E-state index in [1.54, 1.807) is 34.9 Å². The fourth-order valence-corrected chi connectivity index (χ4v) is 3.96. The molecule has 0 radical (unpaired) electrons. The summed E-state index contributed by atoms with van der Waals surface area (Å²) in [5.74, 6) is 1.62. The van der Waals surface area contributed by atoms with Gasteiger partial charge in [-0.05, 0) is 48.5 Å². The molecule has 0 spiro atoms. The van der Waals surface area contributed by atoms with E-state index >= 15 is 0 Å². The van der Waals surface area contributed by atoms with E-state index in [9.17, 15) is 0 Å². The fourth-order valence-electron chi connectivity index (χ4n) is 1.99. The maximum absolute atomic E-state index is 5.17. The first-order valence-electron chi connectivity index (χ1n) is 6.66. The van der Waals surface area contributed by atoms with E-state index in [4.69, 9.17) is 4.74 Å². The molecule has 0 amide bonds. The van der Waals surface area contributed by atoms with Crippen LogP contribution < -0.4 is 4.74 Å². The van der Waals surface area contributed by atoms with Gasteiger partial charge in [0.05, 0.1) is 23.5 Å². The van der Waals surface area contributed by atoms with Gasteiger partial charge < -0.3 is 4.74 Å². The second-order valence-corrected chi connectivity index (χ2v) is 6.83. The molecular weight excluding hydrogens is 318 g/mol. The molecule has 0 unspecified atom stereocenters. The summed E-state index contributed by atoms with van der Waals surface area (Å²) < 4.78 is 6.90. The Morgan fingerprint density at radius 1 is 1.23 bits per heavy atom. The van der Waals surface area contributed by atoms with Gasteiger partial charge in [0.15, 0.2) is 0 Å². The predicted octanol–water partition coefficient (Wildman–Crippen LogP) is 3.04. The maximum atomic E-state index is 5.17. The van der Waals surface area contributed by atoms with Crippen molar-refractivity contribution in [2.75, 3.05) is 7.11 Å². The monoisotopic (exact) mass is 333 g/mol. The molecule has 0 fully saturated rings. The highest BCUT2D eigenvalue weighted by atomic mass is 32.2. The van der Waals surface area contributed by atoms with Crippen molar-refractivity contribution in [2.24, 2.45) is 0 Å². The predicted molar refractivity (Wildman–Crippen MR) is 86.9 cm³/mol. The molecule has 1 aromatic carbocycles. The van der Waals surface area contributed by atoms with Crippen molar-refractivity contribution in [3.63, 3.8) is 0 Å². The van der Waals surface area contributed by atoms with Crippen LogP contribution in [0, 0.1) is 13.8 Å². The van der Waals surface area contributed by atoms with Crippen LogP contribution in [-0.2, 0) is 5.75 Å². The second-order valence-electron chi connectivity index (χ2n) is 4.60. The number of methoxy groups -OCH3 is 1. The first-order chi connectivity index (χ1) is 10.7. The summed E-state index contributed by atoms with van der Waals surface area (Å²) in [5.41, 5.74) is 1.99. The largest absolute Gasteiger partial charge is 0.497 e. The number of thiazole rings is 1. The highest BCUT2D eigenvalue weighted by Gasteiger charge is 2.12. The lowest BCUT2D eigenvalue weighted by atomic mass is 10.3. The average Bonchev–Trinajstić information content (AvgIpc) is 3.11. The second kappa shape index (κ2) is 6.45. The minimum absolute atomic E-state index is 0.760. The third-order valence-electron chi connectivity index (χ3n) is 3.09. The number of tetrazole rings is 1. The van der Waals surface area contributed by atoms with Crippen LogP contribution in [0.15, 0.2) is 29.4 Å². The summed E-state index contributed by atoms with van der Waals surface area (Å²) in [5, 5.41) is 13.8. The highest BCUT2D eigenvalue weighted by Crippen LogP contribution is 2.27. The van der Waals surface area contributed by atoms with Crippen molar-refractivity contribution < 1.29 is 4.74 Å². The number of ether oxygens (including phenoxy) is 1. The highest BCUT2D eigenvalue weighted by molar-refractivity contribution is 7.98. The lowest BCUT2D eigenvalue weighted by Gasteiger charge is -2.05. The normalized spacial score (nSPS) is 10.9. The molecule has 0 aliphatic carbocycles. The number of nitrogens with zero attached hydrogens (tertiary/aromatic N) is 5. The van der Waals surface area contributed by atoms with Gasteiger partial charge in [-0.1, -0.05) is 11.8 Å². The Hall–Kier alpha value is -1.93. The van der Waals surface area contributed by atoms with Crippen LogP contribution in [0.5, 0.6) is 5.75 Å². The van der Waals surface area contributed by atoms with Gasteiger partial charge in [0, 0.05) is 10.6 Å². The van der Waals surface area contributed by atoms with E-state index in [1.165, 1.54) is 4.88 Å². The molecular formula is C14H15N5OS2. The van der Waals surface area contributed by atoms with E-state index in [-0.39, 0.29) is 0 Å². The van der Waals surface area contributed by atoms with Crippen molar-refractivity contribution in [2.45, 2.75) is 24.8 Å². The van der Waals surface area contributed by atoms with Gasteiger partial charge in [0.2, 0.25) is 5.16 Å². The van der Waals surface area contributed by atoms with Crippen molar-refractivity contribution in [1.82, 2.24) is 25.2 Å². The first kappa shape index (κ1) is 15.0. The summed E-state index contributed by atoms with van der Waals surface area (Å²) >= 11 is 3.32. The van der Waals surface area contributed by atoms with Crippen LogP contribution in [0.3, 0.4) is 0 Å². The van der Waals surface area contributed by atoms with Crippen molar-refractivity contribution in [3.8, 4) is 11.4 Å². The van der Waals surface area contributed by atoms with E-state index in [1.807, 2.05) is 38.1 Å². The van der Waals surface area contributed by atoms with Gasteiger partial charge in [0.1, 0.15) is 5.75 Å². The van der Waals surface area contributed by atoms with Gasteiger partial charge in [-0.15, -0.1) is 16.4 Å². The number of hydrogen-bond acceptors (Lipinski definition) is 7. The van der Waals surface area contributed by atoms with E-state index in [0.29, 0.717) is 0 Å². The lowest BCUT2D eigenvalue weighted by molar-refractivity contribution is 0.414. The zero-order valence-electron chi connectivity index (χ0n) is 12.5. The van der Waals surface area contributed by atoms with E-state index in [0.717, 1.165) is 33.0 Å². The summed E-state index contributed by atoms with van der Waals surface area (Å²) in [6.45, 7) is 4.05. The van der Waals surface area contributed by atoms with Gasteiger partial charge in [-0.25, -0.2) is 4.98 Å². The van der Waals surface area contributed by atoms with Crippen LogP contribution in [0.25, 0.3) is 5.69 Å². The average molecular weight is 333 g/mol. The Morgan fingerprint density at radius 2 is 2.00 bits per heavy atom. The molecule has 0 N–H and O–H groups in total. The minimum atomic E-state index is 0.760. The number of hydrogen-bond donors (Lipinski definition) is 0. The van der Waals surface area contributed by atoms with Crippen molar-refractivity contribution >= 4 is 23.1 Å². The summed E-state index contributed by atoms with van der Waals surface area (Å²) in [4.78, 5) is 5.70. The molecule has 8 heteroatoms. The van der Waals surface area contributed by atoms with Crippen molar-refractivity contribution in [1.29, 1.82) is 0 Å². The number of aryl methyl sites for hydroxylation is 2. The number of aromatic nitrogens is 5. The molecule has 0 saturated heterocycles. The number of rotatable bonds is 5. The van der Waals surface area contributed by atoms with Crippen molar-refractivity contribution in [3.05, 3.63) is 39.8 Å². The zero-order valence-corrected chi connectivity index (χ0v) is 14.1. The first-order valence-corrected chi connectivity index (χ1v) is 8.46. The molecule has 0 atom stereocenters. The number of benzene rings is 1. The molecule has 3 rings (SSSR count). The molecule has 22 heavy (non-hydrogen) atoms. The quantitative estimate of drug-likeness (QED) is 0.669. The molecule has 114 valence electrons. The number of thioether (sulfide) groups is 1. The SMILES string of the molecule is COc1ccc(-n2nnnc2SCc2sc(C)nc2C)cc1. The van der Waals surface area contributed by atoms with Gasteiger partial charge in [0.25, 0.3) is 0 Å². The molecule has 2 aromatic heterocycles. The Balaban J connectivity index is 1.78.